The van der Waals surface area contributed by atoms with Gasteiger partial charge in [0.05, 0.1) is 18.9 Å². The number of benzene rings is 1. The second-order valence-electron chi connectivity index (χ2n) is 10.6. The van der Waals surface area contributed by atoms with Gasteiger partial charge in [0.2, 0.25) is 6.29 Å². The molecule has 1 aromatic carbocycles. The fraction of sp³-hybridized carbons (Fsp3) is 0.556. The summed E-state index contributed by atoms with van der Waals surface area (Å²) in [5, 5.41) is 6.32. The predicted octanol–water partition coefficient (Wildman–Crippen LogP) is 4.68. The summed E-state index contributed by atoms with van der Waals surface area (Å²) < 4.78 is 21.7. The van der Waals surface area contributed by atoms with Gasteiger partial charge >= 0.3 is 18.2 Å². The number of carbonyl (C=O) groups excluding carboxylic acids is 3. The molecule has 38 heavy (non-hydrogen) atoms. The number of methoxy groups -OCH3 is 1. The third kappa shape index (κ3) is 9.60. The molecule has 1 heterocycles. The highest BCUT2D eigenvalue weighted by Crippen LogP contribution is 2.20. The van der Waals surface area contributed by atoms with Crippen LogP contribution in [0.5, 0.6) is 0 Å². The van der Waals surface area contributed by atoms with E-state index < -0.39 is 35.6 Å². The van der Waals surface area contributed by atoms with Gasteiger partial charge in [0.1, 0.15) is 23.6 Å². The summed E-state index contributed by atoms with van der Waals surface area (Å²) in [7, 11) is 1.32. The molecule has 1 atom stereocenters. The van der Waals surface area contributed by atoms with Crippen LogP contribution in [-0.4, -0.2) is 60.4 Å². The number of esters is 1. The number of nitrogens with one attached hydrogen (secondary N) is 2. The summed E-state index contributed by atoms with van der Waals surface area (Å²) in [6.45, 7) is 13.0. The van der Waals surface area contributed by atoms with Crippen LogP contribution >= 0.6 is 0 Å². The van der Waals surface area contributed by atoms with Crippen LogP contribution in [0.3, 0.4) is 0 Å². The van der Waals surface area contributed by atoms with E-state index in [1.54, 1.807) is 59.7 Å². The van der Waals surface area contributed by atoms with Crippen molar-refractivity contribution >= 4 is 24.4 Å². The van der Waals surface area contributed by atoms with E-state index in [2.05, 4.69) is 22.5 Å². The Morgan fingerprint density at radius 2 is 1.68 bits per heavy atom. The molecule has 11 heteroatoms. The number of hydrogen-bond acceptors (Lipinski definition) is 10. The Labute approximate surface area is 224 Å². The molecule has 0 saturated heterocycles. The SMILES string of the molecule is CCCCNC1=C(OCc2cccc(C(=O)OC)c2)C=NC(N(C(=O)OC(C)(C)C)C(=O)OC(C)(C)C)N1. The quantitative estimate of drug-likeness (QED) is 0.265. The maximum absolute atomic E-state index is 13.0. The highest BCUT2D eigenvalue weighted by atomic mass is 16.6. The summed E-state index contributed by atoms with van der Waals surface area (Å²) in [6.07, 6.45) is 0.316. The number of imide groups is 1. The standard InChI is InChI=1S/C27H40N4O7/c1-9-10-14-28-21-20(36-17-18-12-11-13-19(15-18)22(32)35-8)16-29-23(30-21)31(24(33)37-26(2,3)4)25(34)38-27(5,6)7/h11-13,15-16,23,28,30H,9-10,14,17H2,1-8H3. The number of carbonyl (C=O) groups is 3. The van der Waals surface area contributed by atoms with Crippen molar-refractivity contribution in [3.05, 3.63) is 47.0 Å². The molecule has 0 saturated carbocycles. The van der Waals surface area contributed by atoms with Gasteiger partial charge in [-0.25, -0.2) is 19.4 Å². The molecule has 2 rings (SSSR count). The molecule has 2 N–H and O–H groups in total. The van der Waals surface area contributed by atoms with E-state index in [4.69, 9.17) is 18.9 Å². The van der Waals surface area contributed by atoms with Gasteiger partial charge in [-0.2, -0.15) is 4.90 Å². The normalized spacial score (nSPS) is 15.3. The summed E-state index contributed by atoms with van der Waals surface area (Å²) in [5.74, 6) is 0.370. The predicted molar refractivity (Wildman–Crippen MR) is 142 cm³/mol. The molecule has 1 aliphatic heterocycles. The molecule has 11 nitrogen and oxygen atoms in total. The van der Waals surface area contributed by atoms with Crippen LogP contribution in [0, 0.1) is 0 Å². The maximum atomic E-state index is 13.0. The lowest BCUT2D eigenvalue weighted by Gasteiger charge is -2.34. The second kappa shape index (κ2) is 13.2. The molecular weight excluding hydrogens is 492 g/mol. The summed E-state index contributed by atoms with van der Waals surface area (Å²) >= 11 is 0. The Bertz CT molecular complexity index is 1030. The van der Waals surface area contributed by atoms with Gasteiger partial charge < -0.3 is 29.6 Å². The number of amides is 2. The topological polar surface area (TPSA) is 128 Å². The molecule has 1 aromatic rings. The number of allylic oxidation sites excluding steroid dienone is 1. The van der Waals surface area contributed by atoms with Crippen LogP contribution < -0.4 is 10.6 Å². The largest absolute Gasteiger partial charge is 0.483 e. The van der Waals surface area contributed by atoms with Crippen LogP contribution in [0.25, 0.3) is 0 Å². The minimum atomic E-state index is -1.14. The van der Waals surface area contributed by atoms with Crippen molar-refractivity contribution in [2.45, 2.75) is 85.4 Å². The van der Waals surface area contributed by atoms with Crippen LogP contribution in [0.4, 0.5) is 9.59 Å². The molecular formula is C27H40N4O7. The van der Waals surface area contributed by atoms with Crippen molar-refractivity contribution in [2.24, 2.45) is 4.99 Å². The molecule has 0 aliphatic carbocycles. The molecule has 0 spiro atoms. The maximum Gasteiger partial charge on any atom is 0.423 e. The third-order valence-corrected chi connectivity index (χ3v) is 4.85. The average molecular weight is 533 g/mol. The number of ether oxygens (including phenoxy) is 4. The van der Waals surface area contributed by atoms with Crippen LogP contribution in [-0.2, 0) is 25.6 Å². The van der Waals surface area contributed by atoms with Crippen molar-refractivity contribution < 1.29 is 33.3 Å². The minimum Gasteiger partial charge on any atom is -0.483 e. The van der Waals surface area contributed by atoms with Crippen LogP contribution in [0.15, 0.2) is 40.8 Å². The van der Waals surface area contributed by atoms with Crippen LogP contribution in [0.2, 0.25) is 0 Å². The van der Waals surface area contributed by atoms with Gasteiger partial charge in [-0.15, -0.1) is 0 Å². The van der Waals surface area contributed by atoms with Crippen LogP contribution in [0.1, 0.15) is 77.2 Å². The molecule has 0 fully saturated rings. The Hall–Kier alpha value is -3.76. The zero-order valence-electron chi connectivity index (χ0n) is 23.5. The highest BCUT2D eigenvalue weighted by molar-refractivity contribution is 5.90. The van der Waals surface area contributed by atoms with Gasteiger partial charge in [-0.1, -0.05) is 25.5 Å². The third-order valence-electron chi connectivity index (χ3n) is 4.85. The molecule has 2 amide bonds. The molecule has 0 aromatic heterocycles. The first-order valence-corrected chi connectivity index (χ1v) is 12.6. The lowest BCUT2D eigenvalue weighted by atomic mass is 10.1. The summed E-state index contributed by atoms with van der Waals surface area (Å²) in [4.78, 5) is 43.1. The summed E-state index contributed by atoms with van der Waals surface area (Å²) in [5.41, 5.74) is -0.542. The Kier molecular flexibility index (Phi) is 10.5. The second-order valence-corrected chi connectivity index (χ2v) is 10.6. The number of unbranched alkanes of at least 4 members (excludes halogenated alkanes) is 1. The first-order valence-electron chi connectivity index (χ1n) is 12.6. The van der Waals surface area contributed by atoms with Crippen molar-refractivity contribution in [3.63, 3.8) is 0 Å². The van der Waals surface area contributed by atoms with E-state index in [0.29, 0.717) is 23.7 Å². The summed E-state index contributed by atoms with van der Waals surface area (Å²) in [6, 6.07) is 6.89. The van der Waals surface area contributed by atoms with Gasteiger partial charge in [0.15, 0.2) is 5.76 Å². The average Bonchev–Trinajstić information content (AvgIpc) is 2.81. The zero-order valence-corrected chi connectivity index (χ0v) is 23.5. The fourth-order valence-electron chi connectivity index (χ4n) is 3.17. The number of nitrogens with zero attached hydrogens (tertiary/aromatic N) is 2. The Morgan fingerprint density at radius 3 is 2.24 bits per heavy atom. The van der Waals surface area contributed by atoms with E-state index in [9.17, 15) is 14.4 Å². The molecule has 0 bridgehead atoms. The van der Waals surface area contributed by atoms with Gasteiger partial charge in [0.25, 0.3) is 0 Å². The number of hydrogen-bond donors (Lipinski definition) is 2. The molecule has 210 valence electrons. The minimum absolute atomic E-state index is 0.138. The lowest BCUT2D eigenvalue weighted by Crippen LogP contribution is -2.55. The Morgan fingerprint density at radius 1 is 1.05 bits per heavy atom. The Balaban J connectivity index is 2.30. The van der Waals surface area contributed by atoms with E-state index in [1.807, 2.05) is 6.07 Å². The number of aliphatic imine (C=N–C) groups is 1. The smallest absolute Gasteiger partial charge is 0.423 e. The zero-order chi connectivity index (χ0) is 28.5. The van der Waals surface area contributed by atoms with Crippen molar-refractivity contribution in [2.75, 3.05) is 13.7 Å². The molecule has 1 unspecified atom stereocenters. The lowest BCUT2D eigenvalue weighted by molar-refractivity contribution is -0.00929. The monoisotopic (exact) mass is 532 g/mol. The van der Waals surface area contributed by atoms with E-state index in [1.165, 1.54) is 13.3 Å². The van der Waals surface area contributed by atoms with Gasteiger partial charge in [-0.3, -0.25) is 0 Å². The molecule has 0 radical (unpaired) electrons. The first kappa shape index (κ1) is 30.5. The van der Waals surface area contributed by atoms with Gasteiger partial charge in [-0.05, 0) is 65.7 Å². The van der Waals surface area contributed by atoms with E-state index >= 15 is 0 Å². The van der Waals surface area contributed by atoms with Crippen molar-refractivity contribution in [1.29, 1.82) is 0 Å². The highest BCUT2D eigenvalue weighted by Gasteiger charge is 2.38. The van der Waals surface area contributed by atoms with E-state index in [-0.39, 0.29) is 6.61 Å². The van der Waals surface area contributed by atoms with Gasteiger partial charge in [0, 0.05) is 6.54 Å². The molecule has 1 aliphatic rings. The fourth-order valence-corrected chi connectivity index (χ4v) is 3.17. The first-order chi connectivity index (χ1) is 17.7. The van der Waals surface area contributed by atoms with Crippen molar-refractivity contribution in [1.82, 2.24) is 15.5 Å². The van der Waals surface area contributed by atoms with E-state index in [0.717, 1.165) is 23.3 Å². The number of rotatable bonds is 9. The van der Waals surface area contributed by atoms with Crippen molar-refractivity contribution in [3.8, 4) is 0 Å².